The summed E-state index contributed by atoms with van der Waals surface area (Å²) in [5, 5.41) is 7.60. The lowest BCUT2D eigenvalue weighted by Gasteiger charge is -2.33. The third kappa shape index (κ3) is 3.65. The number of hydrogen-bond donors (Lipinski definition) is 0. The van der Waals surface area contributed by atoms with Gasteiger partial charge in [-0.2, -0.15) is 17.9 Å². The molecule has 1 aromatic carbocycles. The molecule has 0 saturated heterocycles. The Kier molecular flexibility index (Phi) is 5.20. The summed E-state index contributed by atoms with van der Waals surface area (Å²) in [5.74, 6) is -0.680. The summed E-state index contributed by atoms with van der Waals surface area (Å²) in [6, 6.07) is 4.23. The van der Waals surface area contributed by atoms with Crippen molar-refractivity contribution in [3.05, 3.63) is 69.4 Å². The van der Waals surface area contributed by atoms with E-state index < -0.39 is 34.5 Å². The average molecular weight is 454 g/mol. The zero-order chi connectivity index (χ0) is 22.5. The van der Waals surface area contributed by atoms with Crippen LogP contribution < -0.4 is 0 Å². The molecule has 4 rings (SSSR count). The fraction of sp³-hybridized carbons (Fsp3) is 0.300. The number of halogens is 5. The molecule has 0 spiro atoms. The second-order valence-corrected chi connectivity index (χ2v) is 7.59. The van der Waals surface area contributed by atoms with Gasteiger partial charge < -0.3 is 4.90 Å². The summed E-state index contributed by atoms with van der Waals surface area (Å²) in [6.07, 6.45) is -3.24. The van der Waals surface area contributed by atoms with Crippen molar-refractivity contribution in [3.8, 4) is 5.82 Å². The first kappa shape index (κ1) is 21.2. The van der Waals surface area contributed by atoms with Crippen LogP contribution in [0.4, 0.5) is 17.6 Å². The maximum Gasteiger partial charge on any atom is 0.417 e. The SMILES string of the molecule is Cc1cc(-n2nnc3c2CCN(C(=O)c2cccc(C(F)(F)F)c2Cl)[C@@H]3C)ncc1F. The van der Waals surface area contributed by atoms with Gasteiger partial charge in [-0.05, 0) is 37.6 Å². The number of nitrogens with zero attached hydrogens (tertiary/aromatic N) is 5. The van der Waals surface area contributed by atoms with Crippen LogP contribution in [0.25, 0.3) is 5.82 Å². The molecule has 1 aliphatic heterocycles. The summed E-state index contributed by atoms with van der Waals surface area (Å²) in [4.78, 5) is 18.5. The van der Waals surface area contributed by atoms with E-state index in [1.165, 1.54) is 21.7 Å². The summed E-state index contributed by atoms with van der Waals surface area (Å²) >= 11 is 5.93. The molecule has 0 radical (unpaired) electrons. The molecule has 31 heavy (non-hydrogen) atoms. The van der Waals surface area contributed by atoms with Crippen molar-refractivity contribution in [2.24, 2.45) is 0 Å². The van der Waals surface area contributed by atoms with E-state index in [0.717, 1.165) is 18.3 Å². The topological polar surface area (TPSA) is 63.9 Å². The molecule has 1 aliphatic rings. The number of fused-ring (bicyclic) bond motifs is 1. The predicted molar refractivity (Wildman–Crippen MR) is 103 cm³/mol. The lowest BCUT2D eigenvalue weighted by atomic mass is 10.0. The molecule has 1 amide bonds. The molecular formula is C20H16ClF4N5O. The summed E-state index contributed by atoms with van der Waals surface area (Å²) in [7, 11) is 0. The van der Waals surface area contributed by atoms with Crippen LogP contribution >= 0.6 is 11.6 Å². The number of benzene rings is 1. The predicted octanol–water partition coefficient (Wildman–Crippen LogP) is 4.54. The van der Waals surface area contributed by atoms with E-state index in [9.17, 15) is 22.4 Å². The third-order valence-electron chi connectivity index (χ3n) is 5.29. The van der Waals surface area contributed by atoms with Crippen molar-refractivity contribution in [3.63, 3.8) is 0 Å². The Morgan fingerprint density at radius 1 is 1.29 bits per heavy atom. The molecule has 6 nitrogen and oxygen atoms in total. The fourth-order valence-electron chi connectivity index (χ4n) is 3.61. The molecule has 0 fully saturated rings. The van der Waals surface area contributed by atoms with Crippen molar-refractivity contribution in [2.75, 3.05) is 6.54 Å². The van der Waals surface area contributed by atoms with Crippen LogP contribution in [0.3, 0.4) is 0 Å². The molecule has 11 heteroatoms. The molecule has 2 aromatic heterocycles. The van der Waals surface area contributed by atoms with Crippen LogP contribution in [-0.4, -0.2) is 37.3 Å². The number of aromatic nitrogens is 4. The van der Waals surface area contributed by atoms with E-state index >= 15 is 0 Å². The van der Waals surface area contributed by atoms with Gasteiger partial charge in [-0.15, -0.1) is 5.10 Å². The maximum absolute atomic E-state index is 13.5. The minimum Gasteiger partial charge on any atom is -0.330 e. The summed E-state index contributed by atoms with van der Waals surface area (Å²) in [5.41, 5.74) is 0.301. The van der Waals surface area contributed by atoms with Crippen molar-refractivity contribution in [2.45, 2.75) is 32.5 Å². The second kappa shape index (κ2) is 7.60. The van der Waals surface area contributed by atoms with E-state index in [0.29, 0.717) is 29.2 Å². The monoisotopic (exact) mass is 453 g/mol. The number of hydrogen-bond acceptors (Lipinski definition) is 4. The number of pyridine rings is 1. The van der Waals surface area contributed by atoms with E-state index in [4.69, 9.17) is 11.6 Å². The van der Waals surface area contributed by atoms with Gasteiger partial charge in [-0.3, -0.25) is 4.79 Å². The van der Waals surface area contributed by atoms with Gasteiger partial charge in [-0.1, -0.05) is 22.9 Å². The van der Waals surface area contributed by atoms with Gasteiger partial charge in [0, 0.05) is 13.0 Å². The molecule has 1 atom stereocenters. The first-order chi connectivity index (χ1) is 14.6. The highest BCUT2D eigenvalue weighted by molar-refractivity contribution is 6.34. The number of rotatable bonds is 2. The van der Waals surface area contributed by atoms with Crippen LogP contribution in [-0.2, 0) is 12.6 Å². The minimum atomic E-state index is -4.67. The van der Waals surface area contributed by atoms with E-state index in [2.05, 4.69) is 15.3 Å². The molecule has 162 valence electrons. The lowest BCUT2D eigenvalue weighted by molar-refractivity contribution is -0.137. The number of aryl methyl sites for hydroxylation is 1. The van der Waals surface area contributed by atoms with Gasteiger partial charge in [0.05, 0.1) is 34.1 Å². The smallest absolute Gasteiger partial charge is 0.330 e. The quantitative estimate of drug-likeness (QED) is 0.534. The number of carbonyl (C=O) groups is 1. The zero-order valence-corrected chi connectivity index (χ0v) is 17.2. The highest BCUT2D eigenvalue weighted by atomic mass is 35.5. The highest BCUT2D eigenvalue weighted by Gasteiger charge is 2.37. The molecule has 0 aliphatic carbocycles. The van der Waals surface area contributed by atoms with Crippen LogP contribution in [0.1, 0.15) is 45.8 Å². The third-order valence-corrected chi connectivity index (χ3v) is 5.70. The molecule has 0 N–H and O–H groups in total. The van der Waals surface area contributed by atoms with Crippen LogP contribution in [0.2, 0.25) is 5.02 Å². The van der Waals surface area contributed by atoms with Crippen LogP contribution in [0, 0.1) is 12.7 Å². The van der Waals surface area contributed by atoms with Crippen molar-refractivity contribution in [1.29, 1.82) is 0 Å². The van der Waals surface area contributed by atoms with Gasteiger partial charge in [0.2, 0.25) is 0 Å². The Morgan fingerprint density at radius 2 is 2.03 bits per heavy atom. The average Bonchev–Trinajstić information content (AvgIpc) is 3.14. The second-order valence-electron chi connectivity index (χ2n) is 7.21. The first-order valence-corrected chi connectivity index (χ1v) is 9.71. The Labute approximate surface area is 179 Å². The highest BCUT2D eigenvalue weighted by Crippen LogP contribution is 2.38. The molecule has 0 bridgehead atoms. The Hall–Kier alpha value is -3.01. The Balaban J connectivity index is 1.66. The molecule has 3 heterocycles. The lowest BCUT2D eigenvalue weighted by Crippen LogP contribution is -2.39. The number of carbonyl (C=O) groups excluding carboxylic acids is 1. The molecule has 3 aromatic rings. The van der Waals surface area contributed by atoms with Gasteiger partial charge in [0.15, 0.2) is 5.82 Å². The van der Waals surface area contributed by atoms with E-state index in [-0.39, 0.29) is 12.1 Å². The van der Waals surface area contributed by atoms with Crippen molar-refractivity contribution >= 4 is 17.5 Å². The van der Waals surface area contributed by atoms with E-state index in [1.54, 1.807) is 13.8 Å². The van der Waals surface area contributed by atoms with Crippen LogP contribution in [0.15, 0.2) is 30.5 Å². The fourth-order valence-corrected chi connectivity index (χ4v) is 3.93. The van der Waals surface area contributed by atoms with Crippen LogP contribution in [0.5, 0.6) is 0 Å². The minimum absolute atomic E-state index is 0.215. The van der Waals surface area contributed by atoms with Gasteiger partial charge >= 0.3 is 6.18 Å². The normalized spacial score (nSPS) is 16.4. The molecule has 0 unspecified atom stereocenters. The van der Waals surface area contributed by atoms with Crippen molar-refractivity contribution < 1.29 is 22.4 Å². The number of alkyl halides is 3. The number of amides is 1. The Morgan fingerprint density at radius 3 is 2.71 bits per heavy atom. The summed E-state index contributed by atoms with van der Waals surface area (Å²) in [6.45, 7) is 3.53. The largest absolute Gasteiger partial charge is 0.417 e. The standard InChI is InChI=1S/C20H16ClF4N5O/c1-10-8-16(26-9-14(10)22)30-15-6-7-29(11(2)18(15)27-28-30)19(31)12-4-3-5-13(17(12)21)20(23,24)25/h3-5,8-9,11H,6-7H2,1-2H3/t11-/m1/s1. The van der Waals surface area contributed by atoms with Gasteiger partial charge in [0.1, 0.15) is 11.5 Å². The maximum atomic E-state index is 13.5. The zero-order valence-electron chi connectivity index (χ0n) is 16.4. The van der Waals surface area contributed by atoms with E-state index in [1.807, 2.05) is 0 Å². The Bertz CT molecular complexity index is 1180. The van der Waals surface area contributed by atoms with Gasteiger partial charge in [-0.25, -0.2) is 9.37 Å². The van der Waals surface area contributed by atoms with Crippen molar-refractivity contribution in [1.82, 2.24) is 24.9 Å². The molecule has 0 saturated carbocycles. The molecular weight excluding hydrogens is 438 g/mol. The summed E-state index contributed by atoms with van der Waals surface area (Å²) < 4.78 is 54.5. The first-order valence-electron chi connectivity index (χ1n) is 9.33. The van der Waals surface area contributed by atoms with Gasteiger partial charge in [0.25, 0.3) is 5.91 Å².